The van der Waals surface area contributed by atoms with Crippen molar-refractivity contribution in [1.29, 1.82) is 0 Å². The molecule has 0 bridgehead atoms. The quantitative estimate of drug-likeness (QED) is 0.0770. The number of nitrogens with one attached hydrogen (secondary N) is 4. The zero-order valence-electron chi connectivity index (χ0n) is 53.2. The third kappa shape index (κ3) is 16.4. The largest absolute Gasteiger partial charge is 0.573 e. The SMILES string of the molecule is CC.CC(C)(C)CN1CCC2(CC1)CN(c1ccccc1NC(=O)Nc1ccc(C(C)(C)C)cc1)c1c(O)ccc(C(F)(F)F)c12.CC(C)(C)CN1CCC2(CC1)CN(c1ncccc1NC(=O)Nc1ccc(OC(F)(F)F)cc1)c1c(O)ccc(C(F)(F)F)c12. The van der Waals surface area contributed by atoms with Gasteiger partial charge in [-0.15, -0.1) is 13.2 Å². The van der Waals surface area contributed by atoms with Gasteiger partial charge in [0.15, 0.2) is 5.82 Å². The number of likely N-dealkylation sites (tertiary alicyclic amines) is 2. The van der Waals surface area contributed by atoms with E-state index < -0.39 is 58.5 Å². The van der Waals surface area contributed by atoms with Crippen LogP contribution >= 0.6 is 0 Å². The highest BCUT2D eigenvalue weighted by Gasteiger charge is 2.54. The van der Waals surface area contributed by atoms with E-state index in [-0.39, 0.29) is 80.5 Å². The molecule has 6 aromatic rings. The van der Waals surface area contributed by atoms with Gasteiger partial charge in [-0.05, 0) is 170 Å². The van der Waals surface area contributed by atoms with E-state index in [0.29, 0.717) is 68.9 Å². The lowest BCUT2D eigenvalue weighted by atomic mass is 9.72. The number of urea groups is 2. The van der Waals surface area contributed by atoms with Crippen LogP contribution in [0.4, 0.5) is 94.7 Å². The van der Waals surface area contributed by atoms with Gasteiger partial charge in [0.25, 0.3) is 0 Å². The van der Waals surface area contributed by atoms with Gasteiger partial charge < -0.3 is 55.8 Å². The highest BCUT2D eigenvalue weighted by molar-refractivity contribution is 6.03. The van der Waals surface area contributed by atoms with Crippen LogP contribution in [-0.4, -0.2) is 95.8 Å². The second-order valence-corrected chi connectivity index (χ2v) is 27.1. The minimum atomic E-state index is -4.87. The van der Waals surface area contributed by atoms with Gasteiger partial charge in [0, 0.05) is 54.6 Å². The van der Waals surface area contributed by atoms with E-state index >= 15 is 0 Å². The molecule has 492 valence electrons. The normalized spacial score (nSPS) is 16.7. The van der Waals surface area contributed by atoms with Gasteiger partial charge in [-0.3, -0.25) is 0 Å². The van der Waals surface area contributed by atoms with E-state index in [1.165, 1.54) is 35.4 Å². The Hall–Kier alpha value is -7.92. The first-order valence-electron chi connectivity index (χ1n) is 30.4. The number of benzene rings is 5. The number of phenolic OH excluding ortho intramolecular Hbond substituents is 2. The predicted molar refractivity (Wildman–Crippen MR) is 339 cm³/mol. The fourth-order valence-corrected chi connectivity index (χ4v) is 12.9. The van der Waals surface area contributed by atoms with Crippen LogP contribution in [0.1, 0.15) is 130 Å². The van der Waals surface area contributed by atoms with E-state index in [0.717, 1.165) is 55.1 Å². The second-order valence-electron chi connectivity index (χ2n) is 27.1. The minimum Gasteiger partial charge on any atom is -0.506 e. The zero-order valence-corrected chi connectivity index (χ0v) is 53.2. The summed E-state index contributed by atoms with van der Waals surface area (Å²) in [6.45, 7) is 27.6. The third-order valence-electron chi connectivity index (χ3n) is 16.6. The summed E-state index contributed by atoms with van der Waals surface area (Å²) in [6.07, 6.45) is -10.8. The zero-order chi connectivity index (χ0) is 66.9. The van der Waals surface area contributed by atoms with E-state index in [4.69, 9.17) is 0 Å². The molecule has 2 saturated heterocycles. The number of piperidine rings is 2. The van der Waals surface area contributed by atoms with E-state index in [9.17, 15) is 59.3 Å². The summed E-state index contributed by atoms with van der Waals surface area (Å²) in [6, 6.07) is 25.0. The Kier molecular flexibility index (Phi) is 20.0. The van der Waals surface area contributed by atoms with Crippen molar-refractivity contribution in [3.05, 3.63) is 143 Å². The summed E-state index contributed by atoms with van der Waals surface area (Å²) in [5.74, 6) is -0.882. The lowest BCUT2D eigenvalue weighted by molar-refractivity contribution is -0.274. The van der Waals surface area contributed by atoms with Gasteiger partial charge in [0.05, 0.1) is 39.6 Å². The van der Waals surface area contributed by atoms with Crippen LogP contribution in [0, 0.1) is 10.8 Å². The average molecular weight is 1280 g/mol. The number of halogens is 9. The van der Waals surface area contributed by atoms with Crippen molar-refractivity contribution in [3.63, 3.8) is 0 Å². The number of anilines is 8. The number of amides is 4. The molecule has 6 N–H and O–H groups in total. The van der Waals surface area contributed by atoms with Crippen molar-refractivity contribution in [2.45, 2.75) is 137 Å². The first-order valence-corrected chi connectivity index (χ1v) is 30.4. The molecule has 5 heterocycles. The number of pyridine rings is 1. The molecule has 1 aromatic heterocycles. The molecule has 5 aromatic carbocycles. The Labute approximate surface area is 526 Å². The van der Waals surface area contributed by atoms with Gasteiger partial charge in [-0.2, -0.15) is 26.3 Å². The maximum Gasteiger partial charge on any atom is 0.573 e. The summed E-state index contributed by atoms with van der Waals surface area (Å²) in [7, 11) is 0. The number of carbonyl (C=O) groups excluding carboxylic acids is 2. The number of nitrogens with zero attached hydrogens (tertiary/aromatic N) is 5. The summed E-state index contributed by atoms with van der Waals surface area (Å²) in [5, 5.41) is 33.0. The summed E-state index contributed by atoms with van der Waals surface area (Å²) >= 11 is 0. The first-order chi connectivity index (χ1) is 42.4. The summed E-state index contributed by atoms with van der Waals surface area (Å²) in [5.41, 5.74) is 0.132. The Morgan fingerprint density at radius 3 is 1.38 bits per heavy atom. The maximum absolute atomic E-state index is 14.5. The third-order valence-corrected chi connectivity index (χ3v) is 16.6. The standard InChI is InChI=1S/C35H43F3N4O2.C31H33F6N5O3.C2H6/c1-32(2,3)21-41-19-17-34(18-20-41)22-42(30-28(43)16-15-25(29(30)34)35(36,37)38)27-10-8-7-9-26(27)40-31(44)39-24-13-11-23(12-14-24)33(4,5)6;1-28(2,3)17-41-15-12-29(13-16-41)18-42(25-23(43)11-10-21(24(25)29)30(32,33)34)26-22(5-4-14-38-26)40-27(44)39-19-6-8-20(9-7-19)45-31(35,36)37;1-2/h7-16,43H,17-22H2,1-6H3,(H2,39,40,44);4-11,14,43H,12-13,15-18H2,1-3H3,(H2,39,40,44);1-2H3. The molecule has 0 saturated carbocycles. The number of aromatic hydroxyl groups is 2. The summed E-state index contributed by atoms with van der Waals surface area (Å²) < 4.78 is 128. The Bertz CT molecular complexity index is 3520. The summed E-state index contributed by atoms with van der Waals surface area (Å²) in [4.78, 5) is 38.3. The lowest BCUT2D eigenvalue weighted by Crippen LogP contribution is -2.47. The van der Waals surface area contributed by atoms with Crippen molar-refractivity contribution >= 4 is 57.7 Å². The second kappa shape index (κ2) is 26.4. The van der Waals surface area contributed by atoms with Crippen LogP contribution in [0.2, 0.25) is 0 Å². The number of fused-ring (bicyclic) bond motifs is 4. The van der Waals surface area contributed by atoms with Gasteiger partial charge in [-0.25, -0.2) is 14.6 Å². The maximum atomic E-state index is 14.5. The predicted octanol–water partition coefficient (Wildman–Crippen LogP) is 17.8. The fraction of sp³-hybridized carbons (Fsp3) is 0.456. The molecule has 4 aliphatic heterocycles. The Morgan fingerprint density at radius 2 is 0.945 bits per heavy atom. The molecule has 0 aliphatic carbocycles. The molecule has 23 heteroatoms. The number of para-hydroxylation sites is 2. The molecular weight excluding hydrogens is 1190 g/mol. The van der Waals surface area contributed by atoms with Crippen LogP contribution in [0.25, 0.3) is 0 Å². The molecule has 4 amide bonds. The Morgan fingerprint density at radius 1 is 0.527 bits per heavy atom. The number of ether oxygens (including phenoxy) is 1. The molecule has 4 aliphatic rings. The molecule has 14 nitrogen and oxygen atoms in total. The lowest BCUT2D eigenvalue weighted by Gasteiger charge is -2.42. The first kappa shape index (κ1) is 69.0. The van der Waals surface area contributed by atoms with E-state index in [2.05, 4.69) is 103 Å². The van der Waals surface area contributed by atoms with Gasteiger partial charge in [0.2, 0.25) is 0 Å². The number of aromatic nitrogens is 1. The number of alkyl halides is 9. The molecule has 0 unspecified atom stereocenters. The number of carbonyl (C=O) groups is 2. The smallest absolute Gasteiger partial charge is 0.506 e. The van der Waals surface area contributed by atoms with Crippen LogP contribution in [0.15, 0.2) is 115 Å². The van der Waals surface area contributed by atoms with Gasteiger partial charge in [0.1, 0.15) is 17.2 Å². The molecule has 0 radical (unpaired) electrons. The highest BCUT2D eigenvalue weighted by atomic mass is 19.4. The van der Waals surface area contributed by atoms with Crippen LogP contribution < -0.4 is 35.8 Å². The van der Waals surface area contributed by atoms with Crippen LogP contribution in [0.3, 0.4) is 0 Å². The average Bonchev–Trinajstić information content (AvgIpc) is 1.58. The van der Waals surface area contributed by atoms with Crippen LogP contribution in [-0.2, 0) is 28.6 Å². The van der Waals surface area contributed by atoms with Crippen LogP contribution in [0.5, 0.6) is 17.2 Å². The van der Waals surface area contributed by atoms with Gasteiger partial charge in [-0.1, -0.05) is 100 Å². The van der Waals surface area contributed by atoms with E-state index in [1.54, 1.807) is 29.2 Å². The monoisotopic (exact) mass is 1280 g/mol. The Balaban J connectivity index is 0.000000228. The van der Waals surface area contributed by atoms with Crippen molar-refractivity contribution in [2.24, 2.45) is 10.8 Å². The topological polar surface area (TPSA) is 158 Å². The molecule has 2 fully saturated rings. The van der Waals surface area contributed by atoms with Crippen molar-refractivity contribution in [3.8, 4) is 17.2 Å². The number of hydrogen-bond acceptors (Lipinski definition) is 10. The molecule has 10 rings (SSSR count). The number of phenols is 2. The number of hydrogen-bond donors (Lipinski definition) is 6. The molecule has 0 atom stereocenters. The fourth-order valence-electron chi connectivity index (χ4n) is 12.9. The molecular formula is C68H82F9N9O5. The van der Waals surface area contributed by atoms with Crippen molar-refractivity contribution in [2.75, 3.05) is 83.4 Å². The number of rotatable bonds is 9. The van der Waals surface area contributed by atoms with Crippen molar-refractivity contribution < 1.29 is 64.1 Å². The van der Waals surface area contributed by atoms with Gasteiger partial charge >= 0.3 is 30.8 Å². The molecule has 2 spiro atoms. The minimum absolute atomic E-state index is 0.00323. The highest BCUT2D eigenvalue weighted by Crippen LogP contribution is 2.59. The van der Waals surface area contributed by atoms with E-state index in [1.807, 2.05) is 38.1 Å². The molecule has 91 heavy (non-hydrogen) atoms. The van der Waals surface area contributed by atoms with Crippen molar-refractivity contribution in [1.82, 2.24) is 14.8 Å².